The minimum Gasteiger partial charge on any atom is -0.330 e. The van der Waals surface area contributed by atoms with E-state index in [1.165, 1.54) is 28.8 Å². The minimum absolute atomic E-state index is 0.0738. The topological polar surface area (TPSA) is 32.3 Å². The van der Waals surface area contributed by atoms with E-state index in [9.17, 15) is 4.79 Å². The van der Waals surface area contributed by atoms with Crippen molar-refractivity contribution in [3.05, 3.63) is 57.8 Å². The zero-order valence-electron chi connectivity index (χ0n) is 12.5. The largest absolute Gasteiger partial charge is 0.330 e. The molecule has 0 saturated heterocycles. The highest BCUT2D eigenvalue weighted by Crippen LogP contribution is 2.37. The Hall–Kier alpha value is -1.65. The number of hydrogen-bond donors (Lipinski definition) is 1. The number of amides is 1. The zero-order valence-corrected chi connectivity index (χ0v) is 13.3. The van der Waals surface area contributed by atoms with Gasteiger partial charge in [-0.15, -0.1) is 11.3 Å². The molecule has 1 aliphatic heterocycles. The fraction of sp³-hybridized carbons (Fsp3) is 0.389. The molecule has 114 valence electrons. The molecule has 1 fully saturated rings. The van der Waals surface area contributed by atoms with Crippen molar-refractivity contribution in [2.75, 3.05) is 13.1 Å². The lowest BCUT2D eigenvalue weighted by Crippen LogP contribution is -2.44. The fourth-order valence-electron chi connectivity index (χ4n) is 3.20. The van der Waals surface area contributed by atoms with Gasteiger partial charge < -0.3 is 10.2 Å². The van der Waals surface area contributed by atoms with Gasteiger partial charge in [0.05, 0.1) is 12.6 Å². The molecule has 3 nitrogen and oxygen atoms in total. The Balaban J connectivity index is 1.63. The Morgan fingerprint density at radius 2 is 2.05 bits per heavy atom. The highest BCUT2D eigenvalue weighted by molar-refractivity contribution is 7.10. The summed E-state index contributed by atoms with van der Waals surface area (Å²) in [7, 11) is 0. The van der Waals surface area contributed by atoms with Gasteiger partial charge in [-0.2, -0.15) is 0 Å². The maximum atomic E-state index is 12.7. The maximum absolute atomic E-state index is 12.7. The fourth-order valence-corrected chi connectivity index (χ4v) is 4.10. The molecule has 2 heterocycles. The third-order valence-electron chi connectivity index (χ3n) is 4.52. The predicted molar refractivity (Wildman–Crippen MR) is 89.0 cm³/mol. The van der Waals surface area contributed by atoms with Gasteiger partial charge >= 0.3 is 0 Å². The number of nitrogens with one attached hydrogen (secondary N) is 1. The van der Waals surface area contributed by atoms with Gasteiger partial charge in [-0.05, 0) is 41.8 Å². The number of thiophene rings is 1. The number of hydrogen-bond acceptors (Lipinski definition) is 3. The lowest BCUT2D eigenvalue weighted by atomic mass is 9.93. The molecule has 1 aliphatic carbocycles. The van der Waals surface area contributed by atoms with E-state index < -0.39 is 0 Å². The van der Waals surface area contributed by atoms with Crippen LogP contribution >= 0.6 is 11.3 Å². The molecule has 1 aromatic heterocycles. The molecule has 1 saturated carbocycles. The number of fused-ring (bicyclic) bond motifs is 1. The van der Waals surface area contributed by atoms with Crippen LogP contribution in [0.2, 0.25) is 0 Å². The third-order valence-corrected chi connectivity index (χ3v) is 5.52. The Bertz CT molecular complexity index is 663. The molecule has 22 heavy (non-hydrogen) atoms. The first-order chi connectivity index (χ1) is 10.8. The van der Waals surface area contributed by atoms with Crippen LogP contribution in [-0.2, 0) is 11.2 Å². The third kappa shape index (κ3) is 2.69. The van der Waals surface area contributed by atoms with Crippen LogP contribution in [0.5, 0.6) is 0 Å². The number of carbonyl (C=O) groups is 1. The summed E-state index contributed by atoms with van der Waals surface area (Å²) in [4.78, 5) is 16.2. The Morgan fingerprint density at radius 1 is 1.23 bits per heavy atom. The van der Waals surface area contributed by atoms with Crippen molar-refractivity contribution >= 4 is 17.2 Å². The maximum Gasteiger partial charge on any atom is 0.237 e. The summed E-state index contributed by atoms with van der Waals surface area (Å²) in [5, 5.41) is 5.50. The lowest BCUT2D eigenvalue weighted by Gasteiger charge is -2.36. The molecule has 1 aromatic carbocycles. The van der Waals surface area contributed by atoms with Crippen molar-refractivity contribution in [1.29, 1.82) is 0 Å². The van der Waals surface area contributed by atoms with Crippen molar-refractivity contribution in [1.82, 2.24) is 10.2 Å². The van der Waals surface area contributed by atoms with E-state index >= 15 is 0 Å². The molecule has 1 N–H and O–H groups in total. The van der Waals surface area contributed by atoms with E-state index in [-0.39, 0.29) is 11.9 Å². The van der Waals surface area contributed by atoms with Crippen LogP contribution in [0.4, 0.5) is 0 Å². The number of carbonyl (C=O) groups excluding carboxylic acids is 1. The number of rotatable bonds is 4. The molecule has 0 radical (unpaired) electrons. The molecule has 1 amide bonds. The number of nitrogens with zero attached hydrogens (tertiary/aromatic N) is 1. The summed E-state index contributed by atoms with van der Waals surface area (Å²) in [6.07, 6.45) is 3.40. The van der Waals surface area contributed by atoms with Gasteiger partial charge in [0, 0.05) is 17.5 Å². The van der Waals surface area contributed by atoms with Crippen LogP contribution in [0, 0.1) is 0 Å². The molecule has 0 spiro atoms. The molecular formula is C18H20N2OS. The van der Waals surface area contributed by atoms with Crippen LogP contribution in [0.25, 0.3) is 0 Å². The average Bonchev–Trinajstić information content (AvgIpc) is 3.27. The van der Waals surface area contributed by atoms with Gasteiger partial charge in [-0.1, -0.05) is 30.3 Å². The van der Waals surface area contributed by atoms with Crippen molar-refractivity contribution in [3.63, 3.8) is 0 Å². The Morgan fingerprint density at radius 3 is 2.82 bits per heavy atom. The summed E-state index contributed by atoms with van der Waals surface area (Å²) in [5.74, 6) is 0.220. The SMILES string of the molecule is O=C(CNC1CC1)N1CCc2sccc2[C@@H]1c1ccccc1. The first kappa shape index (κ1) is 14.0. The van der Waals surface area contributed by atoms with Gasteiger partial charge in [-0.3, -0.25) is 4.79 Å². The molecule has 1 atom stereocenters. The second kappa shape index (κ2) is 5.86. The lowest BCUT2D eigenvalue weighted by molar-refractivity contribution is -0.132. The van der Waals surface area contributed by atoms with Crippen LogP contribution in [0.1, 0.15) is 34.9 Å². The summed E-state index contributed by atoms with van der Waals surface area (Å²) in [6, 6.07) is 13.2. The summed E-state index contributed by atoms with van der Waals surface area (Å²) in [5.41, 5.74) is 2.52. The standard InChI is InChI=1S/C18H20N2OS/c21-17(12-19-14-6-7-14)20-10-8-16-15(9-11-22-16)18(20)13-4-2-1-3-5-13/h1-5,9,11,14,18-19H,6-8,10,12H2/t18-/m0/s1. The van der Waals surface area contributed by atoms with Crippen LogP contribution < -0.4 is 5.32 Å². The Labute approximate surface area is 135 Å². The van der Waals surface area contributed by atoms with E-state index in [2.05, 4.69) is 45.9 Å². The first-order valence-electron chi connectivity index (χ1n) is 7.97. The summed E-state index contributed by atoms with van der Waals surface area (Å²) < 4.78 is 0. The van der Waals surface area contributed by atoms with Crippen molar-refractivity contribution in [2.24, 2.45) is 0 Å². The quantitative estimate of drug-likeness (QED) is 0.941. The molecular weight excluding hydrogens is 292 g/mol. The van der Waals surface area contributed by atoms with Crippen LogP contribution in [-0.4, -0.2) is 29.9 Å². The van der Waals surface area contributed by atoms with Crippen LogP contribution in [0.15, 0.2) is 41.8 Å². The van der Waals surface area contributed by atoms with Gasteiger partial charge in [-0.25, -0.2) is 0 Å². The van der Waals surface area contributed by atoms with E-state index in [0.29, 0.717) is 12.6 Å². The predicted octanol–water partition coefficient (Wildman–Crippen LogP) is 2.97. The minimum atomic E-state index is 0.0738. The van der Waals surface area contributed by atoms with E-state index in [0.717, 1.165) is 13.0 Å². The Kier molecular flexibility index (Phi) is 3.72. The van der Waals surface area contributed by atoms with Gasteiger partial charge in [0.1, 0.15) is 0 Å². The molecule has 2 aromatic rings. The second-order valence-corrected chi connectivity index (χ2v) is 7.11. The van der Waals surface area contributed by atoms with Crippen molar-refractivity contribution in [3.8, 4) is 0 Å². The molecule has 4 heteroatoms. The van der Waals surface area contributed by atoms with Gasteiger partial charge in [0.2, 0.25) is 5.91 Å². The summed E-state index contributed by atoms with van der Waals surface area (Å²) >= 11 is 1.81. The van der Waals surface area contributed by atoms with E-state index in [1.807, 2.05) is 17.4 Å². The van der Waals surface area contributed by atoms with E-state index in [1.54, 1.807) is 0 Å². The van der Waals surface area contributed by atoms with Gasteiger partial charge in [0.25, 0.3) is 0 Å². The first-order valence-corrected chi connectivity index (χ1v) is 8.85. The van der Waals surface area contributed by atoms with Crippen molar-refractivity contribution < 1.29 is 4.79 Å². The zero-order chi connectivity index (χ0) is 14.9. The molecule has 4 rings (SSSR count). The van der Waals surface area contributed by atoms with Crippen molar-refractivity contribution in [2.45, 2.75) is 31.3 Å². The monoisotopic (exact) mass is 312 g/mol. The number of benzene rings is 1. The highest BCUT2D eigenvalue weighted by atomic mass is 32.1. The van der Waals surface area contributed by atoms with Crippen LogP contribution in [0.3, 0.4) is 0 Å². The molecule has 2 aliphatic rings. The normalized spacial score (nSPS) is 20.7. The van der Waals surface area contributed by atoms with E-state index in [4.69, 9.17) is 0 Å². The highest BCUT2D eigenvalue weighted by Gasteiger charge is 2.33. The molecule has 0 unspecified atom stereocenters. The smallest absolute Gasteiger partial charge is 0.237 e. The average molecular weight is 312 g/mol. The second-order valence-electron chi connectivity index (χ2n) is 6.10. The van der Waals surface area contributed by atoms with Gasteiger partial charge in [0.15, 0.2) is 0 Å². The summed E-state index contributed by atoms with van der Waals surface area (Å²) in [6.45, 7) is 1.28. The molecule has 0 bridgehead atoms.